The predicted octanol–water partition coefficient (Wildman–Crippen LogP) is 6.93. The van der Waals surface area contributed by atoms with Crippen molar-refractivity contribution in [2.24, 2.45) is 4.99 Å². The molecule has 0 saturated carbocycles. The zero-order valence-electron chi connectivity index (χ0n) is 22.6. The number of amides is 1. The predicted molar refractivity (Wildman–Crippen MR) is 167 cm³/mol. The van der Waals surface area contributed by atoms with Crippen molar-refractivity contribution < 1.29 is 23.8 Å². The highest BCUT2D eigenvalue weighted by Crippen LogP contribution is 2.45. The summed E-state index contributed by atoms with van der Waals surface area (Å²) < 4.78 is 27.4. The van der Waals surface area contributed by atoms with Gasteiger partial charge in [0.05, 0.1) is 6.61 Å². The molecule has 4 aromatic rings. The molecule has 0 aliphatic carbocycles. The Morgan fingerprint density at radius 3 is 2.33 bits per heavy atom. The summed E-state index contributed by atoms with van der Waals surface area (Å²) in [6.07, 6.45) is 0.0287. The summed E-state index contributed by atoms with van der Waals surface area (Å²) in [5, 5.41) is 12.1. The monoisotopic (exact) mass is 694 g/mol. The van der Waals surface area contributed by atoms with Crippen LogP contribution in [0.3, 0.4) is 0 Å². The number of carbonyl (C=O) groups excluding carboxylic acids is 1. The van der Waals surface area contributed by atoms with Crippen molar-refractivity contribution in [3.63, 3.8) is 0 Å². The van der Waals surface area contributed by atoms with Crippen molar-refractivity contribution in [3.05, 3.63) is 134 Å². The molecule has 0 fully saturated rings. The molecule has 0 bridgehead atoms. The van der Waals surface area contributed by atoms with Gasteiger partial charge in [0.15, 0.2) is 11.6 Å². The van der Waals surface area contributed by atoms with E-state index in [1.807, 2.05) is 72.8 Å². The number of hydrogen-bond acceptors (Lipinski definition) is 5. The van der Waals surface area contributed by atoms with Crippen LogP contribution in [-0.2, 0) is 22.5 Å². The Morgan fingerprint density at radius 2 is 1.64 bits per heavy atom. The molecule has 0 saturated heterocycles. The van der Waals surface area contributed by atoms with Crippen molar-refractivity contribution in [1.29, 1.82) is 0 Å². The summed E-state index contributed by atoms with van der Waals surface area (Å²) >= 11 is 7.31. The highest BCUT2D eigenvalue weighted by Gasteiger charge is 2.54. The molecule has 1 amide bonds. The molecule has 0 radical (unpaired) electrons. The second kappa shape index (κ2) is 13.6. The van der Waals surface area contributed by atoms with Crippen molar-refractivity contribution >= 4 is 43.7 Å². The summed E-state index contributed by atoms with van der Waals surface area (Å²) in [4.78, 5) is 19.4. The third-order valence-electron chi connectivity index (χ3n) is 7.00. The summed E-state index contributed by atoms with van der Waals surface area (Å²) in [7, 11) is 0. The molecule has 5 rings (SSSR count). The quantitative estimate of drug-likeness (QED) is 0.167. The molecule has 0 aromatic heterocycles. The topological polar surface area (TPSA) is 80.2 Å². The molecule has 1 aliphatic rings. The van der Waals surface area contributed by atoms with E-state index in [9.17, 15) is 9.18 Å². The Labute approximate surface area is 260 Å². The molecule has 0 unspecified atom stereocenters. The highest BCUT2D eigenvalue weighted by molar-refractivity contribution is 9.10. The van der Waals surface area contributed by atoms with Gasteiger partial charge in [-0.25, -0.2) is 9.38 Å². The summed E-state index contributed by atoms with van der Waals surface area (Å²) in [5.74, 6) is 0.335. The van der Waals surface area contributed by atoms with Crippen LogP contribution < -0.4 is 10.1 Å². The molecule has 9 heteroatoms. The molecule has 1 aliphatic heterocycles. The van der Waals surface area contributed by atoms with E-state index in [0.717, 1.165) is 25.6 Å². The van der Waals surface area contributed by atoms with Crippen molar-refractivity contribution in [2.75, 3.05) is 13.2 Å². The van der Waals surface area contributed by atoms with Gasteiger partial charge in [0.1, 0.15) is 11.6 Å². The van der Waals surface area contributed by atoms with E-state index in [2.05, 4.69) is 37.2 Å². The molecule has 216 valence electrons. The van der Waals surface area contributed by atoms with E-state index in [4.69, 9.17) is 19.6 Å². The average molecular weight is 696 g/mol. The van der Waals surface area contributed by atoms with Crippen LogP contribution in [0.4, 0.5) is 4.39 Å². The van der Waals surface area contributed by atoms with Gasteiger partial charge in [-0.05, 0) is 59.7 Å². The smallest absolute Gasteiger partial charge is 0.252 e. The number of halogens is 3. The SMILES string of the molecule is O=C(NCc1ccc(F)cc1)[C@]1(Cc2ccccc2Br)N=C(c2ccc(OCCCO)cc2)O[C@@H]1c1ccccc1Br. The fourth-order valence-electron chi connectivity index (χ4n) is 4.82. The van der Waals surface area contributed by atoms with Gasteiger partial charge < -0.3 is 19.9 Å². The molecular formula is C33H29Br2FN2O4. The normalized spacial score (nSPS) is 17.8. The molecule has 2 atom stereocenters. The van der Waals surface area contributed by atoms with E-state index in [-0.39, 0.29) is 31.3 Å². The standard InChI is InChI=1S/C33H29Br2FN2O4/c34-28-8-3-1-6-24(28)20-33(32(40)37-21-22-10-14-25(36)15-11-22)30(27-7-2-4-9-29(27)35)42-31(38-33)23-12-16-26(17-13-23)41-19-5-18-39/h1-4,6-17,30,39H,5,18-21H2,(H,37,40)/t30-,33-/m1/s1. The third-order valence-corrected chi connectivity index (χ3v) is 8.50. The Hall–Kier alpha value is -3.53. The first-order valence-corrected chi connectivity index (χ1v) is 15.1. The Balaban J connectivity index is 1.57. The zero-order chi connectivity index (χ0) is 29.5. The van der Waals surface area contributed by atoms with Gasteiger partial charge in [-0.3, -0.25) is 4.79 Å². The number of carbonyl (C=O) groups is 1. The Kier molecular flexibility index (Phi) is 9.72. The van der Waals surface area contributed by atoms with Gasteiger partial charge >= 0.3 is 0 Å². The van der Waals surface area contributed by atoms with E-state index >= 15 is 0 Å². The number of aliphatic hydroxyl groups excluding tert-OH is 1. The minimum absolute atomic E-state index is 0.0575. The van der Waals surface area contributed by atoms with Crippen LogP contribution in [0.1, 0.15) is 34.8 Å². The maximum atomic E-state index is 14.4. The Morgan fingerprint density at radius 1 is 0.952 bits per heavy atom. The fraction of sp³-hybridized carbons (Fsp3) is 0.212. The van der Waals surface area contributed by atoms with Crippen LogP contribution in [-0.4, -0.2) is 35.7 Å². The molecule has 1 heterocycles. The van der Waals surface area contributed by atoms with E-state index in [1.165, 1.54) is 12.1 Å². The van der Waals surface area contributed by atoms with E-state index in [1.54, 1.807) is 12.1 Å². The van der Waals surface area contributed by atoms with Crippen molar-refractivity contribution in [2.45, 2.75) is 31.0 Å². The van der Waals surface area contributed by atoms with Gasteiger partial charge in [-0.2, -0.15) is 0 Å². The molecule has 0 spiro atoms. The van der Waals surface area contributed by atoms with Crippen LogP contribution in [0.2, 0.25) is 0 Å². The maximum absolute atomic E-state index is 14.4. The van der Waals surface area contributed by atoms with Crippen molar-refractivity contribution in [1.82, 2.24) is 5.32 Å². The summed E-state index contributed by atoms with van der Waals surface area (Å²) in [5.41, 5.74) is 1.76. The molecule has 42 heavy (non-hydrogen) atoms. The number of ether oxygens (including phenoxy) is 2. The number of aliphatic hydroxyl groups is 1. The second-order valence-electron chi connectivity index (χ2n) is 9.89. The number of nitrogens with one attached hydrogen (secondary N) is 1. The van der Waals surface area contributed by atoms with Crippen LogP contribution in [0.25, 0.3) is 0 Å². The number of hydrogen-bond donors (Lipinski definition) is 2. The van der Waals surface area contributed by atoms with Gasteiger partial charge in [0.2, 0.25) is 5.90 Å². The van der Waals surface area contributed by atoms with Gasteiger partial charge in [-0.15, -0.1) is 0 Å². The van der Waals surface area contributed by atoms with Gasteiger partial charge in [0, 0.05) is 46.1 Å². The lowest BCUT2D eigenvalue weighted by atomic mass is 9.82. The number of nitrogens with zero attached hydrogens (tertiary/aromatic N) is 1. The first-order valence-electron chi connectivity index (χ1n) is 13.5. The average Bonchev–Trinajstić information content (AvgIpc) is 3.39. The van der Waals surface area contributed by atoms with Crippen LogP contribution in [0.15, 0.2) is 111 Å². The third kappa shape index (κ3) is 6.75. The summed E-state index contributed by atoms with van der Waals surface area (Å²) in [6.45, 7) is 0.660. The lowest BCUT2D eigenvalue weighted by Gasteiger charge is -2.31. The lowest BCUT2D eigenvalue weighted by molar-refractivity contribution is -0.129. The van der Waals surface area contributed by atoms with Gasteiger partial charge in [0.25, 0.3) is 5.91 Å². The minimum Gasteiger partial charge on any atom is -0.494 e. The lowest BCUT2D eigenvalue weighted by Crippen LogP contribution is -2.49. The Bertz CT molecular complexity index is 1560. The number of benzene rings is 4. The van der Waals surface area contributed by atoms with Crippen LogP contribution >= 0.6 is 31.9 Å². The second-order valence-corrected chi connectivity index (χ2v) is 11.6. The maximum Gasteiger partial charge on any atom is 0.252 e. The number of aliphatic imine (C=N–C) groups is 1. The molecule has 4 aromatic carbocycles. The first kappa shape index (κ1) is 29.9. The first-order chi connectivity index (χ1) is 20.4. The van der Waals surface area contributed by atoms with Crippen LogP contribution in [0.5, 0.6) is 5.75 Å². The molecular weight excluding hydrogens is 667 g/mol. The molecule has 6 nitrogen and oxygen atoms in total. The zero-order valence-corrected chi connectivity index (χ0v) is 25.8. The highest BCUT2D eigenvalue weighted by atomic mass is 79.9. The van der Waals surface area contributed by atoms with E-state index < -0.39 is 11.6 Å². The minimum atomic E-state index is -1.38. The van der Waals surface area contributed by atoms with E-state index in [0.29, 0.717) is 30.2 Å². The number of rotatable bonds is 11. The fourth-order valence-corrected chi connectivity index (χ4v) is 5.73. The van der Waals surface area contributed by atoms with Crippen molar-refractivity contribution in [3.8, 4) is 5.75 Å². The largest absolute Gasteiger partial charge is 0.494 e. The molecule has 2 N–H and O–H groups in total. The van der Waals surface area contributed by atoms with Crippen LogP contribution in [0, 0.1) is 5.82 Å². The van der Waals surface area contributed by atoms with Gasteiger partial charge in [-0.1, -0.05) is 80.4 Å². The summed E-state index contributed by atoms with van der Waals surface area (Å²) in [6, 6.07) is 28.7.